The third-order valence-electron chi connectivity index (χ3n) is 4.12. The highest BCUT2D eigenvalue weighted by Crippen LogP contribution is 2.33. The number of aromatic nitrogens is 2. The summed E-state index contributed by atoms with van der Waals surface area (Å²) in [6.45, 7) is 3.94. The minimum absolute atomic E-state index is 0.441. The van der Waals surface area contributed by atoms with Crippen LogP contribution in [0.5, 0.6) is 11.5 Å². The maximum atomic E-state index is 9.61. The molecule has 0 atom stereocenters. The van der Waals surface area contributed by atoms with E-state index in [1.807, 2.05) is 44.2 Å². The Morgan fingerprint density at radius 2 is 1.96 bits per heavy atom. The van der Waals surface area contributed by atoms with E-state index in [4.69, 9.17) is 9.47 Å². The zero-order valence-corrected chi connectivity index (χ0v) is 14.7. The van der Waals surface area contributed by atoms with Crippen molar-refractivity contribution in [3.05, 3.63) is 52.8 Å². The summed E-state index contributed by atoms with van der Waals surface area (Å²) >= 11 is 0. The lowest BCUT2D eigenvalue weighted by Crippen LogP contribution is -1.95. The number of hydrogen-bond acceptors (Lipinski definition) is 4. The van der Waals surface area contributed by atoms with Crippen LogP contribution in [0.2, 0.25) is 0 Å². The van der Waals surface area contributed by atoms with Gasteiger partial charge < -0.3 is 14.5 Å². The van der Waals surface area contributed by atoms with Crippen molar-refractivity contribution in [2.75, 3.05) is 14.2 Å². The maximum absolute atomic E-state index is 9.61. The van der Waals surface area contributed by atoms with Crippen LogP contribution in [0.15, 0.2) is 30.3 Å². The van der Waals surface area contributed by atoms with Crippen LogP contribution < -0.4 is 9.47 Å². The maximum Gasteiger partial charge on any atom is 0.149 e. The Morgan fingerprint density at radius 3 is 2.64 bits per heavy atom. The summed E-state index contributed by atoms with van der Waals surface area (Å²) in [6, 6.07) is 11.9. The van der Waals surface area contributed by atoms with Crippen molar-refractivity contribution in [3.63, 3.8) is 0 Å². The molecule has 0 bridgehead atoms. The number of nitriles is 1. The van der Waals surface area contributed by atoms with Gasteiger partial charge in [-0.1, -0.05) is 6.07 Å². The Morgan fingerprint density at radius 1 is 1.16 bits per heavy atom. The Bertz CT molecular complexity index is 1010. The molecule has 0 radical (unpaired) electrons. The summed E-state index contributed by atoms with van der Waals surface area (Å²) in [5.74, 6) is 1.96. The van der Waals surface area contributed by atoms with Crippen molar-refractivity contribution < 1.29 is 9.47 Å². The molecule has 0 spiro atoms. The van der Waals surface area contributed by atoms with Gasteiger partial charge in [-0.2, -0.15) is 5.26 Å². The highest BCUT2D eigenvalue weighted by atomic mass is 16.5. The molecule has 2 aromatic carbocycles. The molecule has 0 amide bonds. The minimum atomic E-state index is 0.441. The van der Waals surface area contributed by atoms with Crippen LogP contribution in [0, 0.1) is 25.2 Å². The predicted octanol–water partition coefficient (Wildman–Crippen LogP) is 4.26. The van der Waals surface area contributed by atoms with Crippen LogP contribution in [-0.2, 0) is 0 Å². The van der Waals surface area contributed by atoms with Gasteiger partial charge in [0.1, 0.15) is 23.4 Å². The average molecular weight is 333 g/mol. The van der Waals surface area contributed by atoms with Crippen LogP contribution >= 0.6 is 0 Å². The first kappa shape index (κ1) is 16.6. The van der Waals surface area contributed by atoms with Crippen LogP contribution in [0.4, 0.5) is 0 Å². The number of methoxy groups -OCH3 is 2. The predicted molar refractivity (Wildman–Crippen MR) is 98.6 cm³/mol. The largest absolute Gasteiger partial charge is 0.496 e. The summed E-state index contributed by atoms with van der Waals surface area (Å²) in [7, 11) is 3.23. The van der Waals surface area contributed by atoms with Gasteiger partial charge in [0.25, 0.3) is 0 Å². The van der Waals surface area contributed by atoms with Crippen LogP contribution in [0.25, 0.3) is 22.7 Å². The molecule has 0 unspecified atom stereocenters. The summed E-state index contributed by atoms with van der Waals surface area (Å²) in [5.41, 5.74) is 5.01. The monoisotopic (exact) mass is 333 g/mol. The second-order valence-corrected chi connectivity index (χ2v) is 5.79. The van der Waals surface area contributed by atoms with Gasteiger partial charge in [-0.3, -0.25) is 0 Å². The van der Waals surface area contributed by atoms with E-state index in [0.717, 1.165) is 33.5 Å². The average Bonchev–Trinajstić information content (AvgIpc) is 3.02. The van der Waals surface area contributed by atoms with Crippen molar-refractivity contribution in [2.24, 2.45) is 0 Å². The standard InChI is InChI=1S/C20H19N3O2/c1-12-5-7-16-17(9-12)23-20(22-16)15(11-21)10-14-6-8-18(24-3)13(2)19(14)25-4/h5-10H,1-4H3,(H,22,23). The molecule has 5 heteroatoms. The van der Waals surface area contributed by atoms with E-state index in [-0.39, 0.29) is 0 Å². The number of allylic oxidation sites excluding steroid dienone is 1. The van der Waals surface area contributed by atoms with Crippen molar-refractivity contribution in [2.45, 2.75) is 13.8 Å². The first-order valence-corrected chi connectivity index (χ1v) is 7.87. The summed E-state index contributed by atoms with van der Waals surface area (Å²) in [6.07, 6.45) is 1.77. The number of fused-ring (bicyclic) bond motifs is 1. The van der Waals surface area contributed by atoms with Gasteiger partial charge in [0, 0.05) is 11.1 Å². The van der Waals surface area contributed by atoms with E-state index in [0.29, 0.717) is 17.1 Å². The lowest BCUT2D eigenvalue weighted by atomic mass is 10.1. The van der Waals surface area contributed by atoms with Crippen LogP contribution in [0.1, 0.15) is 22.5 Å². The molecule has 3 rings (SSSR count). The smallest absolute Gasteiger partial charge is 0.149 e. The number of H-pyrrole nitrogens is 1. The Balaban J connectivity index is 2.11. The second kappa shape index (κ2) is 6.70. The summed E-state index contributed by atoms with van der Waals surface area (Å²) < 4.78 is 10.8. The molecule has 0 aliphatic carbocycles. The van der Waals surface area contributed by atoms with Crippen molar-refractivity contribution >= 4 is 22.7 Å². The van der Waals surface area contributed by atoms with E-state index < -0.39 is 0 Å². The van der Waals surface area contributed by atoms with Gasteiger partial charge >= 0.3 is 0 Å². The number of hydrogen-bond donors (Lipinski definition) is 1. The molecule has 0 fully saturated rings. The molecule has 0 saturated heterocycles. The van der Waals surface area contributed by atoms with Crippen LogP contribution in [-0.4, -0.2) is 24.2 Å². The zero-order chi connectivity index (χ0) is 18.0. The summed E-state index contributed by atoms with van der Waals surface area (Å²) in [5, 5.41) is 9.61. The lowest BCUT2D eigenvalue weighted by Gasteiger charge is -2.12. The van der Waals surface area contributed by atoms with E-state index >= 15 is 0 Å². The molecular formula is C20H19N3O2. The fourth-order valence-electron chi connectivity index (χ4n) is 2.86. The highest BCUT2D eigenvalue weighted by molar-refractivity contribution is 5.91. The first-order chi connectivity index (χ1) is 12.1. The number of aromatic amines is 1. The molecule has 0 aliphatic rings. The van der Waals surface area contributed by atoms with E-state index in [9.17, 15) is 5.26 Å². The van der Waals surface area contributed by atoms with Gasteiger partial charge in [0.15, 0.2) is 0 Å². The fraction of sp³-hybridized carbons (Fsp3) is 0.200. The molecule has 1 heterocycles. The molecule has 3 aromatic rings. The Hall–Kier alpha value is -3.26. The molecule has 0 saturated carbocycles. The highest BCUT2D eigenvalue weighted by Gasteiger charge is 2.13. The molecule has 0 aliphatic heterocycles. The zero-order valence-electron chi connectivity index (χ0n) is 14.7. The van der Waals surface area contributed by atoms with Gasteiger partial charge in [-0.05, 0) is 49.8 Å². The molecule has 1 N–H and O–H groups in total. The normalized spacial score (nSPS) is 11.4. The third-order valence-corrected chi connectivity index (χ3v) is 4.12. The lowest BCUT2D eigenvalue weighted by molar-refractivity contribution is 0.388. The minimum Gasteiger partial charge on any atom is -0.496 e. The third kappa shape index (κ3) is 3.07. The molecule has 126 valence electrons. The van der Waals surface area contributed by atoms with Crippen molar-refractivity contribution in [3.8, 4) is 17.6 Å². The van der Waals surface area contributed by atoms with Gasteiger partial charge in [0.2, 0.25) is 0 Å². The van der Waals surface area contributed by atoms with Crippen molar-refractivity contribution in [1.82, 2.24) is 9.97 Å². The number of aryl methyl sites for hydroxylation is 1. The second-order valence-electron chi connectivity index (χ2n) is 5.79. The number of benzene rings is 2. The van der Waals surface area contributed by atoms with Crippen LogP contribution in [0.3, 0.4) is 0 Å². The SMILES string of the molecule is COc1ccc(C=C(C#N)c2nc3ccc(C)cc3[nH]2)c(OC)c1C. The quantitative estimate of drug-likeness (QED) is 0.724. The molecule has 5 nitrogen and oxygen atoms in total. The number of ether oxygens (including phenoxy) is 2. The Kier molecular flexibility index (Phi) is 4.44. The first-order valence-electron chi connectivity index (χ1n) is 7.87. The molecule has 1 aromatic heterocycles. The number of rotatable bonds is 4. The fourth-order valence-corrected chi connectivity index (χ4v) is 2.86. The topological polar surface area (TPSA) is 70.9 Å². The summed E-state index contributed by atoms with van der Waals surface area (Å²) in [4.78, 5) is 7.74. The Labute approximate surface area is 146 Å². The van der Waals surface area contributed by atoms with E-state index in [1.54, 1.807) is 20.3 Å². The van der Waals surface area contributed by atoms with E-state index in [1.165, 1.54) is 0 Å². The van der Waals surface area contributed by atoms with Gasteiger partial charge in [0.05, 0.1) is 30.8 Å². The molecular weight excluding hydrogens is 314 g/mol. The van der Waals surface area contributed by atoms with E-state index in [2.05, 4.69) is 16.0 Å². The van der Waals surface area contributed by atoms with Gasteiger partial charge in [-0.25, -0.2) is 4.98 Å². The number of nitrogens with zero attached hydrogens (tertiary/aromatic N) is 2. The van der Waals surface area contributed by atoms with Crippen molar-refractivity contribution in [1.29, 1.82) is 5.26 Å². The molecule has 25 heavy (non-hydrogen) atoms. The number of nitrogens with one attached hydrogen (secondary N) is 1. The van der Waals surface area contributed by atoms with Gasteiger partial charge in [-0.15, -0.1) is 0 Å². The number of imidazole rings is 1.